The molecule has 0 bridgehead atoms. The van der Waals surface area contributed by atoms with Gasteiger partial charge in [0.1, 0.15) is 11.4 Å². The van der Waals surface area contributed by atoms with Gasteiger partial charge < -0.3 is 19.2 Å². The Labute approximate surface area is 217 Å². The lowest BCUT2D eigenvalue weighted by molar-refractivity contribution is -0.186. The molecule has 1 aliphatic heterocycles. The van der Waals surface area contributed by atoms with Gasteiger partial charge in [-0.1, -0.05) is 18.2 Å². The molecule has 1 N–H and O–H groups in total. The number of likely N-dealkylation sites (tertiary alicyclic amines) is 1. The van der Waals surface area contributed by atoms with Gasteiger partial charge >= 0.3 is 11.9 Å². The number of carbonyl (C=O) groups excluding carboxylic acids is 3. The second kappa shape index (κ2) is 11.2. The fourth-order valence-corrected chi connectivity index (χ4v) is 5.96. The van der Waals surface area contributed by atoms with Crippen LogP contribution in [0.1, 0.15) is 50.7 Å². The molecule has 8 nitrogen and oxygen atoms in total. The lowest BCUT2D eigenvalue weighted by atomic mass is 9.55. The van der Waals surface area contributed by atoms with Crippen molar-refractivity contribution in [3.63, 3.8) is 0 Å². The molecule has 8 heteroatoms. The molecule has 1 aromatic carbocycles. The smallest absolute Gasteiger partial charge is 0.308 e. The summed E-state index contributed by atoms with van der Waals surface area (Å²) in [4.78, 5) is 39.1. The Balaban J connectivity index is 1.69. The Hall–Kier alpha value is -3.65. The number of furan rings is 1. The molecule has 0 spiro atoms. The highest BCUT2D eigenvalue weighted by molar-refractivity contribution is 5.91. The molecule has 4 rings (SSSR count). The number of hydrogen-bond acceptors (Lipinski definition) is 7. The highest BCUT2D eigenvalue weighted by Crippen LogP contribution is 2.54. The highest BCUT2D eigenvalue weighted by atomic mass is 16.6. The van der Waals surface area contributed by atoms with Crippen molar-refractivity contribution in [3.05, 3.63) is 72.7 Å². The number of ether oxygens (including phenoxy) is 2. The van der Waals surface area contributed by atoms with E-state index in [-0.39, 0.29) is 17.9 Å². The summed E-state index contributed by atoms with van der Waals surface area (Å²) in [5.74, 6) is -0.496. The standard InChI is InChI=1S/C29H34N2O6/c1-4-14-31-15-13-28(24-6-5-7-26(17-24)36-21(2)32)18-25(10-12-29(28,20-31)37-22(3)33)30-27(34)9-8-23-11-16-35-19-23/h4-9,11,16-17,19,25H,1,10,12-15,18,20H2,2-3H3,(H,30,34)/t25-,28-,29-/m0/s1. The number of nitrogens with zero attached hydrogens (tertiary/aromatic N) is 1. The molecule has 2 heterocycles. The first-order chi connectivity index (χ1) is 17.7. The van der Waals surface area contributed by atoms with Gasteiger partial charge in [0.05, 0.1) is 12.5 Å². The van der Waals surface area contributed by atoms with Crippen molar-refractivity contribution in [1.82, 2.24) is 10.2 Å². The maximum atomic E-state index is 12.8. The lowest BCUT2D eigenvalue weighted by Crippen LogP contribution is -2.68. The van der Waals surface area contributed by atoms with E-state index in [1.807, 2.05) is 24.3 Å². The summed E-state index contributed by atoms with van der Waals surface area (Å²) >= 11 is 0. The van der Waals surface area contributed by atoms with Gasteiger partial charge in [-0.05, 0) is 62.1 Å². The lowest BCUT2D eigenvalue weighted by Gasteiger charge is -2.59. The molecular weight excluding hydrogens is 472 g/mol. The van der Waals surface area contributed by atoms with Gasteiger partial charge in [0.15, 0.2) is 0 Å². The monoisotopic (exact) mass is 506 g/mol. The van der Waals surface area contributed by atoms with E-state index in [0.29, 0.717) is 44.5 Å². The van der Waals surface area contributed by atoms with Crippen molar-refractivity contribution in [2.45, 2.75) is 56.6 Å². The highest BCUT2D eigenvalue weighted by Gasteiger charge is 2.60. The molecule has 1 aliphatic carbocycles. The van der Waals surface area contributed by atoms with Crippen LogP contribution in [-0.4, -0.2) is 54.0 Å². The van der Waals surface area contributed by atoms with Gasteiger partial charge in [0, 0.05) is 50.0 Å². The first-order valence-corrected chi connectivity index (χ1v) is 12.6. The van der Waals surface area contributed by atoms with Crippen LogP contribution in [0.2, 0.25) is 0 Å². The van der Waals surface area contributed by atoms with Crippen molar-refractivity contribution >= 4 is 23.9 Å². The maximum absolute atomic E-state index is 12.8. The third-order valence-electron chi connectivity index (χ3n) is 7.39. The zero-order valence-corrected chi connectivity index (χ0v) is 21.4. The van der Waals surface area contributed by atoms with Gasteiger partial charge in [-0.3, -0.25) is 19.3 Å². The van der Waals surface area contributed by atoms with Crippen LogP contribution in [0.4, 0.5) is 0 Å². The number of esters is 2. The average Bonchev–Trinajstić information content (AvgIpc) is 3.36. The van der Waals surface area contributed by atoms with Gasteiger partial charge in [0.25, 0.3) is 0 Å². The Bertz CT molecular complexity index is 1170. The number of hydrogen-bond donors (Lipinski definition) is 1. The number of piperidine rings is 1. The van der Waals surface area contributed by atoms with E-state index in [0.717, 1.165) is 17.7 Å². The maximum Gasteiger partial charge on any atom is 0.308 e. The van der Waals surface area contributed by atoms with Crippen LogP contribution in [0.15, 0.2) is 66.0 Å². The van der Waals surface area contributed by atoms with Crippen LogP contribution in [-0.2, 0) is 24.5 Å². The first-order valence-electron chi connectivity index (χ1n) is 12.6. The second-order valence-corrected chi connectivity index (χ2v) is 9.90. The topological polar surface area (TPSA) is 98.1 Å². The van der Waals surface area contributed by atoms with E-state index in [1.165, 1.54) is 19.9 Å². The molecule has 1 amide bonds. The Kier molecular flexibility index (Phi) is 7.97. The quantitative estimate of drug-likeness (QED) is 0.250. The van der Waals surface area contributed by atoms with Crippen LogP contribution in [0.5, 0.6) is 5.75 Å². The molecule has 37 heavy (non-hydrogen) atoms. The molecule has 0 radical (unpaired) electrons. The van der Waals surface area contributed by atoms with Crippen molar-refractivity contribution in [1.29, 1.82) is 0 Å². The molecule has 1 aromatic heterocycles. The normalized spacial score (nSPS) is 25.7. The van der Waals surface area contributed by atoms with Crippen LogP contribution in [0, 0.1) is 0 Å². The van der Waals surface area contributed by atoms with Crippen LogP contribution in [0.25, 0.3) is 6.08 Å². The third-order valence-corrected chi connectivity index (χ3v) is 7.39. The number of carbonyl (C=O) groups is 3. The summed E-state index contributed by atoms with van der Waals surface area (Å²) in [6.45, 7) is 8.70. The minimum absolute atomic E-state index is 0.131. The SMILES string of the molecule is C=CCN1CC[C@@]2(c3cccc(OC(C)=O)c3)C[C@@H](NC(=O)C=Cc3ccoc3)CC[C@]2(OC(C)=O)C1. The average molecular weight is 507 g/mol. The molecule has 196 valence electrons. The molecule has 3 atom stereocenters. The van der Waals surface area contributed by atoms with Gasteiger partial charge in [-0.25, -0.2) is 0 Å². The largest absolute Gasteiger partial charge is 0.472 e. The molecular formula is C29H34N2O6. The predicted molar refractivity (Wildman–Crippen MR) is 139 cm³/mol. The number of benzene rings is 1. The third kappa shape index (κ3) is 5.85. The molecule has 1 saturated carbocycles. The fraction of sp³-hybridized carbons (Fsp3) is 0.414. The van der Waals surface area contributed by atoms with E-state index in [2.05, 4.69) is 16.8 Å². The Morgan fingerprint density at radius 1 is 1.22 bits per heavy atom. The number of fused-ring (bicyclic) bond motifs is 1. The fourth-order valence-electron chi connectivity index (χ4n) is 5.96. The molecule has 2 fully saturated rings. The van der Waals surface area contributed by atoms with Crippen molar-refractivity contribution in [2.24, 2.45) is 0 Å². The summed E-state index contributed by atoms with van der Waals surface area (Å²) in [5, 5.41) is 3.15. The van der Waals surface area contributed by atoms with Crippen molar-refractivity contribution in [3.8, 4) is 5.75 Å². The molecule has 0 unspecified atom stereocenters. The van der Waals surface area contributed by atoms with E-state index >= 15 is 0 Å². The van der Waals surface area contributed by atoms with Gasteiger partial charge in [-0.2, -0.15) is 0 Å². The van der Waals surface area contributed by atoms with E-state index < -0.39 is 17.0 Å². The molecule has 2 aromatic rings. The van der Waals surface area contributed by atoms with Crippen LogP contribution in [0.3, 0.4) is 0 Å². The summed E-state index contributed by atoms with van der Waals surface area (Å²) < 4.78 is 16.7. The number of rotatable bonds is 8. The zero-order valence-electron chi connectivity index (χ0n) is 21.4. The Morgan fingerprint density at radius 3 is 2.76 bits per heavy atom. The zero-order chi connectivity index (χ0) is 26.5. The Morgan fingerprint density at radius 2 is 2.05 bits per heavy atom. The van der Waals surface area contributed by atoms with Gasteiger partial charge in [-0.15, -0.1) is 6.58 Å². The van der Waals surface area contributed by atoms with E-state index in [9.17, 15) is 14.4 Å². The summed E-state index contributed by atoms with van der Waals surface area (Å²) in [6.07, 6.45) is 10.7. The predicted octanol–water partition coefficient (Wildman–Crippen LogP) is 4.02. The van der Waals surface area contributed by atoms with Gasteiger partial charge in [0.2, 0.25) is 5.91 Å². The van der Waals surface area contributed by atoms with E-state index in [1.54, 1.807) is 30.7 Å². The summed E-state index contributed by atoms with van der Waals surface area (Å²) in [5.41, 5.74) is 0.347. The van der Waals surface area contributed by atoms with Crippen molar-refractivity contribution in [2.75, 3.05) is 19.6 Å². The van der Waals surface area contributed by atoms with Crippen LogP contribution < -0.4 is 10.1 Å². The molecule has 1 saturated heterocycles. The van der Waals surface area contributed by atoms with Crippen LogP contribution >= 0.6 is 0 Å². The summed E-state index contributed by atoms with van der Waals surface area (Å²) in [6, 6.07) is 9.11. The number of amides is 1. The minimum Gasteiger partial charge on any atom is -0.472 e. The van der Waals surface area contributed by atoms with E-state index in [4.69, 9.17) is 13.9 Å². The summed E-state index contributed by atoms with van der Waals surface area (Å²) in [7, 11) is 0. The first kappa shape index (κ1) is 26.4. The van der Waals surface area contributed by atoms with Crippen molar-refractivity contribution < 1.29 is 28.3 Å². The minimum atomic E-state index is -0.803. The molecule has 2 aliphatic rings. The number of nitrogens with one attached hydrogen (secondary N) is 1. The second-order valence-electron chi connectivity index (χ2n) is 9.90.